The van der Waals surface area contributed by atoms with Crippen LogP contribution < -0.4 is 14.8 Å². The molecule has 6 atom stereocenters. The Hall–Kier alpha value is -2.47. The molecule has 0 aliphatic carbocycles. The second-order valence-corrected chi connectivity index (χ2v) is 7.18. The van der Waals surface area contributed by atoms with Gasteiger partial charge in [-0.1, -0.05) is 38.0 Å². The number of hydrogen-bond donors (Lipinski definition) is 6. The molecule has 32 heavy (non-hydrogen) atoms. The minimum atomic E-state index is -3.21. The molecule has 3 rings (SSSR count). The molecule has 6 N–H and O–H groups in total. The van der Waals surface area contributed by atoms with Crippen LogP contribution in [0.25, 0.3) is 10.8 Å². The van der Waals surface area contributed by atoms with E-state index in [-0.39, 0.29) is 11.5 Å². The van der Waals surface area contributed by atoms with Gasteiger partial charge in [0, 0.05) is 32.9 Å². The van der Waals surface area contributed by atoms with Crippen molar-refractivity contribution in [1.82, 2.24) is 5.32 Å². The Morgan fingerprint density at radius 2 is 1.78 bits per heavy atom. The van der Waals surface area contributed by atoms with Gasteiger partial charge < -0.3 is 45.1 Å². The van der Waals surface area contributed by atoms with E-state index < -0.39 is 75.7 Å². The van der Waals surface area contributed by atoms with Crippen LogP contribution in [0.5, 0.6) is 11.5 Å². The zero-order valence-electron chi connectivity index (χ0n) is 23.7. The molecule has 0 amide bonds. The first kappa shape index (κ1) is 16.2. The number of fused-ring (bicyclic) bond motifs is 1. The molecule has 10 heteroatoms. The highest BCUT2D eigenvalue weighted by molar-refractivity contribution is 5.93. The topological polar surface area (TPSA) is 158 Å². The molecule has 1 aliphatic heterocycles. The fourth-order valence-electron chi connectivity index (χ4n) is 3.21. The average molecular weight is 459 g/mol. The maximum Gasteiger partial charge on any atom is 0.335 e. The highest BCUT2D eigenvalue weighted by Crippen LogP contribution is 2.35. The molecule has 1 heterocycles. The standard InChI is InChI=1S/C22H29NO9/c1-11(2)23-9-12(24)10-30-15-7-8-16(14-6-4-3-5-13(14)15)31-22-19(27)17(25)18(26)20(32-22)21(28)29/h3-8,11-12,17-20,22-27H,9-10H2,1-2H3,(H,28,29)/i1D3,2D3,11D. The van der Waals surface area contributed by atoms with Crippen molar-refractivity contribution in [1.29, 1.82) is 0 Å². The molecule has 0 spiro atoms. The first-order valence-electron chi connectivity index (χ1n) is 13.1. The van der Waals surface area contributed by atoms with Crippen LogP contribution in [-0.4, -0.2) is 87.5 Å². The lowest BCUT2D eigenvalue weighted by Gasteiger charge is -2.38. The average Bonchev–Trinajstić information content (AvgIpc) is 2.85. The second-order valence-electron chi connectivity index (χ2n) is 7.18. The number of benzene rings is 2. The lowest BCUT2D eigenvalue weighted by molar-refractivity contribution is -0.270. The number of hydrogen-bond acceptors (Lipinski definition) is 9. The van der Waals surface area contributed by atoms with E-state index >= 15 is 0 Å². The van der Waals surface area contributed by atoms with Crippen LogP contribution >= 0.6 is 0 Å². The van der Waals surface area contributed by atoms with Gasteiger partial charge in [-0.05, 0) is 12.1 Å². The van der Waals surface area contributed by atoms with Gasteiger partial charge in [0.1, 0.15) is 42.5 Å². The van der Waals surface area contributed by atoms with E-state index in [1.807, 2.05) is 0 Å². The number of carbonyl (C=O) groups is 1. The highest BCUT2D eigenvalue weighted by Gasteiger charge is 2.48. The third-order valence-electron chi connectivity index (χ3n) is 4.85. The van der Waals surface area contributed by atoms with Gasteiger partial charge in [0.2, 0.25) is 6.29 Å². The van der Waals surface area contributed by atoms with Crippen LogP contribution in [0.4, 0.5) is 0 Å². The summed E-state index contributed by atoms with van der Waals surface area (Å²) in [6, 6.07) is 6.33. The number of aliphatic hydroxyl groups excluding tert-OH is 4. The Balaban J connectivity index is 1.74. The molecule has 176 valence electrons. The van der Waals surface area contributed by atoms with Gasteiger partial charge in [-0.2, -0.15) is 0 Å². The summed E-state index contributed by atoms with van der Waals surface area (Å²) in [5, 5.41) is 52.6. The molecule has 10 nitrogen and oxygen atoms in total. The number of aliphatic hydroxyl groups is 4. The third-order valence-corrected chi connectivity index (χ3v) is 4.85. The number of aliphatic carboxylic acids is 1. The minimum Gasteiger partial charge on any atom is -0.490 e. The zero-order valence-corrected chi connectivity index (χ0v) is 16.7. The van der Waals surface area contributed by atoms with Crippen LogP contribution in [0.15, 0.2) is 36.4 Å². The Morgan fingerprint density at radius 1 is 1.12 bits per heavy atom. The Bertz CT molecular complexity index is 1150. The lowest BCUT2D eigenvalue weighted by atomic mass is 9.99. The van der Waals surface area contributed by atoms with Crippen LogP contribution in [0, 0.1) is 0 Å². The van der Waals surface area contributed by atoms with Gasteiger partial charge in [-0.3, -0.25) is 0 Å². The Kier molecular flexibility index (Phi) is 5.28. The molecule has 1 aliphatic rings. The first-order valence-corrected chi connectivity index (χ1v) is 9.64. The van der Waals surface area contributed by atoms with Crippen molar-refractivity contribution in [2.45, 2.75) is 56.5 Å². The Morgan fingerprint density at radius 3 is 2.44 bits per heavy atom. The molecule has 0 bridgehead atoms. The van der Waals surface area contributed by atoms with Gasteiger partial charge in [-0.15, -0.1) is 0 Å². The van der Waals surface area contributed by atoms with Crippen molar-refractivity contribution in [2.75, 3.05) is 13.2 Å². The summed E-state index contributed by atoms with van der Waals surface area (Å²) < 4.78 is 68.8. The van der Waals surface area contributed by atoms with Crippen LogP contribution in [0.2, 0.25) is 0 Å². The van der Waals surface area contributed by atoms with E-state index in [1.165, 1.54) is 12.1 Å². The quantitative estimate of drug-likeness (QED) is 0.298. The van der Waals surface area contributed by atoms with E-state index in [0.717, 1.165) is 0 Å². The Labute approximate surface area is 194 Å². The number of rotatable bonds is 9. The van der Waals surface area contributed by atoms with E-state index in [0.29, 0.717) is 10.8 Å². The summed E-state index contributed by atoms with van der Waals surface area (Å²) in [7, 11) is 0. The lowest BCUT2D eigenvalue weighted by Crippen LogP contribution is -2.61. The highest BCUT2D eigenvalue weighted by atomic mass is 16.7. The first-order chi connectivity index (χ1) is 18.0. The molecule has 1 saturated heterocycles. The van der Waals surface area contributed by atoms with Crippen LogP contribution in [-0.2, 0) is 9.53 Å². The minimum absolute atomic E-state index is 0.103. The van der Waals surface area contributed by atoms with Crippen LogP contribution in [0.3, 0.4) is 0 Å². The fourth-order valence-corrected chi connectivity index (χ4v) is 3.21. The summed E-state index contributed by atoms with van der Waals surface area (Å²) in [5.74, 6) is -1.24. The normalized spacial score (nSPS) is 31.1. The monoisotopic (exact) mass is 458 g/mol. The molecule has 0 aromatic heterocycles. The molecule has 2 aromatic rings. The van der Waals surface area contributed by atoms with Gasteiger partial charge in [0.15, 0.2) is 6.10 Å². The number of carboxylic acid groups (broad SMARTS) is 1. The van der Waals surface area contributed by atoms with Crippen molar-refractivity contribution in [2.24, 2.45) is 0 Å². The zero-order chi connectivity index (χ0) is 29.3. The summed E-state index contributed by atoms with van der Waals surface area (Å²) in [6.45, 7) is -7.41. The fraction of sp³-hybridized carbons (Fsp3) is 0.500. The predicted octanol–water partition coefficient (Wildman–Crippen LogP) is -0.151. The van der Waals surface area contributed by atoms with Crippen molar-refractivity contribution in [3.8, 4) is 11.5 Å². The number of nitrogens with one attached hydrogen (secondary N) is 1. The molecule has 0 saturated carbocycles. The summed E-state index contributed by atoms with van der Waals surface area (Å²) in [6.07, 6.45) is -10.4. The molecule has 6 unspecified atom stereocenters. The summed E-state index contributed by atoms with van der Waals surface area (Å²) in [4.78, 5) is 11.4. The van der Waals surface area contributed by atoms with E-state index in [4.69, 9.17) is 23.8 Å². The molecule has 2 aromatic carbocycles. The molecule has 0 radical (unpaired) electrons. The van der Waals surface area contributed by atoms with E-state index in [9.17, 15) is 30.3 Å². The molecular formula is C22H29NO9. The van der Waals surface area contributed by atoms with Crippen molar-refractivity contribution in [3.63, 3.8) is 0 Å². The van der Waals surface area contributed by atoms with Gasteiger partial charge >= 0.3 is 5.97 Å². The van der Waals surface area contributed by atoms with Crippen molar-refractivity contribution < 1.29 is 54.1 Å². The number of ether oxygens (including phenoxy) is 3. The van der Waals surface area contributed by atoms with Gasteiger partial charge in [-0.25, -0.2) is 4.79 Å². The maximum absolute atomic E-state index is 11.4. The summed E-state index contributed by atoms with van der Waals surface area (Å²) >= 11 is 0. The predicted molar refractivity (Wildman–Crippen MR) is 114 cm³/mol. The van der Waals surface area contributed by atoms with E-state index in [1.54, 1.807) is 24.3 Å². The molecular weight excluding hydrogens is 422 g/mol. The largest absolute Gasteiger partial charge is 0.490 e. The van der Waals surface area contributed by atoms with Crippen molar-refractivity contribution in [3.05, 3.63) is 36.4 Å². The maximum atomic E-state index is 11.4. The third kappa shape index (κ3) is 5.47. The molecule has 1 fully saturated rings. The van der Waals surface area contributed by atoms with Crippen LogP contribution in [0.1, 0.15) is 23.3 Å². The SMILES string of the molecule is [2H]C([2H])([2H])C([2H])(NCC(O)COc1ccc(OC2OC(C(=O)O)C(O)C(O)C2O)c2ccccc12)C([2H])([2H])[2H]. The number of carboxylic acids is 1. The van der Waals surface area contributed by atoms with Gasteiger partial charge in [0.05, 0.1) is 0 Å². The van der Waals surface area contributed by atoms with E-state index in [2.05, 4.69) is 5.32 Å². The summed E-state index contributed by atoms with van der Waals surface area (Å²) in [5.41, 5.74) is 0. The van der Waals surface area contributed by atoms with Gasteiger partial charge in [0.25, 0.3) is 0 Å². The smallest absolute Gasteiger partial charge is 0.335 e. The second kappa shape index (κ2) is 10.4. The van der Waals surface area contributed by atoms with Crippen molar-refractivity contribution >= 4 is 16.7 Å².